The topological polar surface area (TPSA) is 71.4 Å². The zero-order chi connectivity index (χ0) is 17.4. The molecule has 0 bridgehead atoms. The Hall–Kier alpha value is -3.06. The predicted molar refractivity (Wildman–Crippen MR) is 97.1 cm³/mol. The maximum absolute atomic E-state index is 9.00. The Balaban J connectivity index is 2.17. The first kappa shape index (κ1) is 17.3. The van der Waals surface area contributed by atoms with Gasteiger partial charge in [-0.2, -0.15) is 5.26 Å². The van der Waals surface area contributed by atoms with Gasteiger partial charge in [0.25, 0.3) is 0 Å². The van der Waals surface area contributed by atoms with Crippen molar-refractivity contribution in [2.45, 2.75) is 20.0 Å². The summed E-state index contributed by atoms with van der Waals surface area (Å²) >= 11 is 0. The van der Waals surface area contributed by atoms with Crippen LogP contribution in [0.3, 0.4) is 0 Å². The number of rotatable bonds is 6. The van der Waals surface area contributed by atoms with Crippen molar-refractivity contribution >= 4 is 5.71 Å². The Kier molecular flexibility index (Phi) is 6.16. The van der Waals surface area contributed by atoms with Crippen molar-refractivity contribution in [2.24, 2.45) is 10.7 Å². The summed E-state index contributed by atoms with van der Waals surface area (Å²) in [6.07, 6.45) is 4.09. The van der Waals surface area contributed by atoms with Gasteiger partial charge in [-0.05, 0) is 54.1 Å². The molecule has 4 heteroatoms. The van der Waals surface area contributed by atoms with E-state index in [2.05, 4.69) is 18.0 Å². The summed E-state index contributed by atoms with van der Waals surface area (Å²) in [6, 6.07) is 15.6. The lowest BCUT2D eigenvalue weighted by Gasteiger charge is -2.11. The third kappa shape index (κ3) is 4.23. The molecule has 2 aromatic carbocycles. The van der Waals surface area contributed by atoms with E-state index in [-0.39, 0.29) is 0 Å². The fraction of sp³-hybridized carbons (Fsp3) is 0.200. The van der Waals surface area contributed by atoms with Crippen molar-refractivity contribution in [3.63, 3.8) is 0 Å². The summed E-state index contributed by atoms with van der Waals surface area (Å²) in [5.74, 6) is 0.769. The van der Waals surface area contributed by atoms with Crippen molar-refractivity contribution in [3.8, 4) is 11.8 Å². The third-order valence-corrected chi connectivity index (χ3v) is 3.74. The van der Waals surface area contributed by atoms with E-state index in [1.165, 1.54) is 6.20 Å². The molecule has 0 saturated heterocycles. The second kappa shape index (κ2) is 8.54. The molecule has 0 atom stereocenters. The van der Waals surface area contributed by atoms with Crippen molar-refractivity contribution in [1.29, 1.82) is 5.26 Å². The summed E-state index contributed by atoms with van der Waals surface area (Å²) < 4.78 is 5.93. The van der Waals surface area contributed by atoms with E-state index >= 15 is 0 Å². The van der Waals surface area contributed by atoms with Gasteiger partial charge in [0.15, 0.2) is 0 Å². The molecule has 0 aliphatic rings. The van der Waals surface area contributed by atoms with Crippen molar-refractivity contribution in [2.75, 3.05) is 7.05 Å². The summed E-state index contributed by atoms with van der Waals surface area (Å²) in [4.78, 5) is 4.22. The number of nitrogens with zero attached hydrogens (tertiary/aromatic N) is 2. The van der Waals surface area contributed by atoms with Crippen molar-refractivity contribution < 1.29 is 4.74 Å². The fourth-order valence-electron chi connectivity index (χ4n) is 2.46. The maximum atomic E-state index is 9.00. The number of hydrogen-bond donors (Lipinski definition) is 1. The number of aryl methyl sites for hydroxylation is 1. The molecule has 0 unspecified atom stereocenters. The van der Waals surface area contributed by atoms with Crippen LogP contribution >= 0.6 is 0 Å². The van der Waals surface area contributed by atoms with E-state index in [0.717, 1.165) is 34.6 Å². The normalized spacial score (nSPS) is 11.5. The zero-order valence-corrected chi connectivity index (χ0v) is 14.0. The summed E-state index contributed by atoms with van der Waals surface area (Å²) in [5.41, 5.74) is 10.1. The lowest BCUT2D eigenvalue weighted by atomic mass is 10.0. The van der Waals surface area contributed by atoms with Gasteiger partial charge in [-0.3, -0.25) is 4.99 Å². The number of benzene rings is 2. The van der Waals surface area contributed by atoms with E-state index in [0.29, 0.717) is 12.2 Å². The summed E-state index contributed by atoms with van der Waals surface area (Å²) in [6.45, 7) is 2.54. The molecule has 24 heavy (non-hydrogen) atoms. The van der Waals surface area contributed by atoms with Crippen LogP contribution in [0.15, 0.2) is 59.7 Å². The molecule has 0 fully saturated rings. The maximum Gasteiger partial charge on any atom is 0.120 e. The molecule has 0 saturated carbocycles. The molecule has 0 aliphatic carbocycles. The van der Waals surface area contributed by atoms with Gasteiger partial charge in [-0.25, -0.2) is 0 Å². The third-order valence-electron chi connectivity index (χ3n) is 3.74. The fourth-order valence-corrected chi connectivity index (χ4v) is 2.46. The van der Waals surface area contributed by atoms with E-state index in [1.807, 2.05) is 42.5 Å². The minimum atomic E-state index is 0.462. The number of nitriles is 1. The Morgan fingerprint density at radius 2 is 2.08 bits per heavy atom. The van der Waals surface area contributed by atoms with Crippen LogP contribution in [0.2, 0.25) is 0 Å². The van der Waals surface area contributed by atoms with Crippen LogP contribution in [-0.2, 0) is 13.0 Å². The largest absolute Gasteiger partial charge is 0.489 e. The molecule has 0 aliphatic heterocycles. The molecule has 0 aromatic heterocycles. The monoisotopic (exact) mass is 319 g/mol. The first-order valence-electron chi connectivity index (χ1n) is 7.82. The molecule has 0 heterocycles. The van der Waals surface area contributed by atoms with E-state index in [9.17, 15) is 0 Å². The van der Waals surface area contributed by atoms with Crippen LogP contribution in [-0.4, -0.2) is 12.8 Å². The highest BCUT2D eigenvalue weighted by Gasteiger charge is 2.05. The predicted octanol–water partition coefficient (Wildman–Crippen LogP) is 3.59. The first-order chi connectivity index (χ1) is 11.7. The number of nitrogens with two attached hydrogens (primary N) is 1. The van der Waals surface area contributed by atoms with E-state index in [1.54, 1.807) is 13.1 Å². The second-order valence-electron chi connectivity index (χ2n) is 5.23. The molecule has 0 radical (unpaired) electrons. The summed E-state index contributed by atoms with van der Waals surface area (Å²) in [5, 5.41) is 9.00. The average molecular weight is 319 g/mol. The van der Waals surface area contributed by atoms with E-state index in [4.69, 9.17) is 15.7 Å². The molecular weight excluding hydrogens is 298 g/mol. The van der Waals surface area contributed by atoms with Gasteiger partial charge in [0.2, 0.25) is 0 Å². The molecule has 0 amide bonds. The molecule has 2 N–H and O–H groups in total. The standard InChI is InChI=1S/C20H21N3O/c1-3-16-11-15(13-22)7-8-18(16)14-24-19-6-4-5-17(12-19)20(23-2)9-10-21/h4-12H,3,14,21H2,1-2H3. The quantitative estimate of drug-likeness (QED) is 0.827. The van der Waals surface area contributed by atoms with E-state index < -0.39 is 0 Å². The van der Waals surface area contributed by atoms with Crippen LogP contribution in [0.5, 0.6) is 5.75 Å². The number of ether oxygens (including phenoxy) is 1. The minimum absolute atomic E-state index is 0.462. The molecule has 122 valence electrons. The van der Waals surface area contributed by atoms with Crippen LogP contribution in [0.1, 0.15) is 29.2 Å². The van der Waals surface area contributed by atoms with Gasteiger partial charge in [0.1, 0.15) is 12.4 Å². The van der Waals surface area contributed by atoms with Gasteiger partial charge >= 0.3 is 0 Å². The Bertz CT molecular complexity index is 801. The molecule has 0 spiro atoms. The second-order valence-corrected chi connectivity index (χ2v) is 5.23. The summed E-state index contributed by atoms with van der Waals surface area (Å²) in [7, 11) is 1.73. The van der Waals surface area contributed by atoms with Crippen molar-refractivity contribution in [3.05, 3.63) is 77.0 Å². The molecule has 2 aromatic rings. The zero-order valence-electron chi connectivity index (χ0n) is 14.0. The van der Waals surface area contributed by atoms with Gasteiger partial charge in [-0.15, -0.1) is 0 Å². The number of allylic oxidation sites excluding steroid dienone is 1. The SMILES string of the molecule is CCc1cc(C#N)ccc1COc1cccc(C(C=CN)=NC)c1. The lowest BCUT2D eigenvalue weighted by Crippen LogP contribution is -2.02. The van der Waals surface area contributed by atoms with Crippen LogP contribution in [0.4, 0.5) is 0 Å². The number of aliphatic imine (C=N–C) groups is 1. The Morgan fingerprint density at radius 3 is 2.75 bits per heavy atom. The molecule has 2 rings (SSSR count). The van der Waals surface area contributed by atoms with Gasteiger partial charge in [0, 0.05) is 12.6 Å². The number of hydrogen-bond acceptors (Lipinski definition) is 4. The highest BCUT2D eigenvalue weighted by molar-refractivity contribution is 6.08. The smallest absolute Gasteiger partial charge is 0.120 e. The highest BCUT2D eigenvalue weighted by atomic mass is 16.5. The van der Waals surface area contributed by atoms with Gasteiger partial charge in [-0.1, -0.05) is 25.1 Å². The van der Waals surface area contributed by atoms with Crippen LogP contribution in [0, 0.1) is 11.3 Å². The Labute approximate surface area is 142 Å². The lowest BCUT2D eigenvalue weighted by molar-refractivity contribution is 0.305. The average Bonchev–Trinajstić information content (AvgIpc) is 2.64. The molecule has 4 nitrogen and oxygen atoms in total. The van der Waals surface area contributed by atoms with Gasteiger partial charge in [0.05, 0.1) is 17.3 Å². The van der Waals surface area contributed by atoms with Crippen molar-refractivity contribution in [1.82, 2.24) is 0 Å². The minimum Gasteiger partial charge on any atom is -0.489 e. The highest BCUT2D eigenvalue weighted by Crippen LogP contribution is 2.19. The van der Waals surface area contributed by atoms with Crippen LogP contribution in [0.25, 0.3) is 0 Å². The van der Waals surface area contributed by atoms with Crippen LogP contribution < -0.4 is 10.5 Å². The molecular formula is C20H21N3O. The van der Waals surface area contributed by atoms with Gasteiger partial charge < -0.3 is 10.5 Å². The first-order valence-corrected chi connectivity index (χ1v) is 7.82. The Morgan fingerprint density at radius 1 is 1.25 bits per heavy atom.